The summed E-state index contributed by atoms with van der Waals surface area (Å²) in [7, 11) is 0. The van der Waals surface area contributed by atoms with Gasteiger partial charge in [0.05, 0.1) is 5.56 Å². The molecule has 0 saturated heterocycles. The van der Waals surface area contributed by atoms with Crippen molar-refractivity contribution >= 4 is 10.8 Å². The first-order chi connectivity index (χ1) is 12.4. The highest BCUT2D eigenvalue weighted by atomic mass is 19.2. The van der Waals surface area contributed by atoms with E-state index in [2.05, 4.69) is 11.8 Å². The predicted molar refractivity (Wildman–Crippen MR) is 90.2 cm³/mol. The van der Waals surface area contributed by atoms with Crippen molar-refractivity contribution < 1.29 is 22.0 Å². The second kappa shape index (κ2) is 7.17. The van der Waals surface area contributed by atoms with Gasteiger partial charge in [-0.1, -0.05) is 31.3 Å². The van der Waals surface area contributed by atoms with Gasteiger partial charge in [0.25, 0.3) is 0 Å². The summed E-state index contributed by atoms with van der Waals surface area (Å²) < 4.78 is 68.5. The Morgan fingerprint density at radius 2 is 1.42 bits per heavy atom. The van der Waals surface area contributed by atoms with Crippen LogP contribution < -0.4 is 0 Å². The number of benzene rings is 3. The van der Waals surface area contributed by atoms with Crippen LogP contribution in [0.5, 0.6) is 0 Å². The van der Waals surface area contributed by atoms with Gasteiger partial charge in [-0.15, -0.1) is 0 Å². The Hall–Kier alpha value is -2.87. The maximum absolute atomic E-state index is 14.1. The number of halogens is 5. The fourth-order valence-electron chi connectivity index (χ4n) is 2.66. The fraction of sp³-hybridized carbons (Fsp3) is 0.143. The smallest absolute Gasteiger partial charge is 0.174 e. The highest BCUT2D eigenvalue weighted by Crippen LogP contribution is 2.22. The Balaban J connectivity index is 2.02. The lowest BCUT2D eigenvalue weighted by atomic mass is 10.0. The summed E-state index contributed by atoms with van der Waals surface area (Å²) in [4.78, 5) is 0. The molecule has 0 nitrogen and oxygen atoms in total. The van der Waals surface area contributed by atoms with Gasteiger partial charge < -0.3 is 0 Å². The Morgan fingerprint density at radius 1 is 0.731 bits per heavy atom. The number of rotatable bonds is 2. The second-order valence-electron chi connectivity index (χ2n) is 5.84. The largest absolute Gasteiger partial charge is 0.207 e. The van der Waals surface area contributed by atoms with Crippen molar-refractivity contribution in [2.45, 2.75) is 19.8 Å². The van der Waals surface area contributed by atoms with Gasteiger partial charge >= 0.3 is 0 Å². The summed E-state index contributed by atoms with van der Waals surface area (Å²) in [5.74, 6) is -0.234. The molecule has 0 radical (unpaired) electrons. The van der Waals surface area contributed by atoms with Crippen molar-refractivity contribution in [3.05, 3.63) is 82.2 Å². The second-order valence-corrected chi connectivity index (χ2v) is 5.84. The summed E-state index contributed by atoms with van der Waals surface area (Å²) in [6.45, 7) is 1.74. The molecule has 0 saturated carbocycles. The molecule has 5 heteroatoms. The van der Waals surface area contributed by atoms with Crippen LogP contribution in [0.15, 0.2) is 36.4 Å². The molecule has 0 heterocycles. The van der Waals surface area contributed by atoms with Crippen LogP contribution in [0.2, 0.25) is 0 Å². The van der Waals surface area contributed by atoms with Crippen LogP contribution in [-0.4, -0.2) is 0 Å². The first kappa shape index (κ1) is 17.9. The normalized spacial score (nSPS) is 10.7. The lowest BCUT2D eigenvalue weighted by Gasteiger charge is -2.06. The molecule has 3 aromatic carbocycles. The molecule has 0 aliphatic heterocycles. The zero-order valence-corrected chi connectivity index (χ0v) is 13.8. The first-order valence-corrected chi connectivity index (χ1v) is 7.98. The summed E-state index contributed by atoms with van der Waals surface area (Å²) in [6, 6.07) is 7.49. The maximum Gasteiger partial charge on any atom is 0.174 e. The average molecular weight is 360 g/mol. The minimum Gasteiger partial charge on any atom is -0.207 e. The predicted octanol–water partition coefficient (Wildman–Crippen LogP) is 5.89. The van der Waals surface area contributed by atoms with Gasteiger partial charge in [-0.2, -0.15) is 0 Å². The average Bonchev–Trinajstić information content (AvgIpc) is 2.61. The molecule has 3 aromatic rings. The van der Waals surface area contributed by atoms with Gasteiger partial charge in [0.2, 0.25) is 0 Å². The van der Waals surface area contributed by atoms with E-state index in [0.717, 1.165) is 18.2 Å². The molecule has 0 amide bonds. The van der Waals surface area contributed by atoms with Crippen molar-refractivity contribution in [1.29, 1.82) is 0 Å². The molecule has 0 fully saturated rings. The lowest BCUT2D eigenvalue weighted by Crippen LogP contribution is -2.02. The maximum atomic E-state index is 14.1. The van der Waals surface area contributed by atoms with Gasteiger partial charge in [-0.05, 0) is 47.5 Å². The van der Waals surface area contributed by atoms with E-state index < -0.39 is 34.6 Å². The summed E-state index contributed by atoms with van der Waals surface area (Å²) in [5, 5.41) is 0.883. The molecule has 26 heavy (non-hydrogen) atoms. The van der Waals surface area contributed by atoms with Crippen LogP contribution >= 0.6 is 0 Å². The molecule has 132 valence electrons. The third kappa shape index (κ3) is 3.41. The molecule has 0 unspecified atom stereocenters. The van der Waals surface area contributed by atoms with Crippen molar-refractivity contribution in [2.24, 2.45) is 0 Å². The summed E-state index contributed by atoms with van der Waals surface area (Å²) >= 11 is 0. The van der Waals surface area contributed by atoms with Gasteiger partial charge in [-0.25, -0.2) is 22.0 Å². The van der Waals surface area contributed by atoms with E-state index in [9.17, 15) is 22.0 Å². The molecule has 0 aliphatic carbocycles. The van der Waals surface area contributed by atoms with Crippen molar-refractivity contribution in [2.75, 3.05) is 0 Å². The highest BCUT2D eigenvalue weighted by molar-refractivity contribution is 5.84. The van der Waals surface area contributed by atoms with Crippen LogP contribution in [0, 0.1) is 40.9 Å². The summed E-state index contributed by atoms with van der Waals surface area (Å²) in [5.41, 5.74) is -0.314. The lowest BCUT2D eigenvalue weighted by molar-refractivity contribution is 0.476. The standard InChI is InChI=1S/C21H13F5/c1-2-3-16-17(22)10-14(20(25)21(16)26)7-5-12-4-6-13-9-18(23)19(24)11-15(13)8-12/h4,6,8-11H,2-3H2,1H3. The number of hydrogen-bond acceptors (Lipinski definition) is 0. The quantitative estimate of drug-likeness (QED) is 0.304. The van der Waals surface area contributed by atoms with E-state index in [0.29, 0.717) is 22.8 Å². The van der Waals surface area contributed by atoms with E-state index in [1.54, 1.807) is 6.92 Å². The molecular weight excluding hydrogens is 347 g/mol. The zero-order chi connectivity index (χ0) is 18.8. The summed E-state index contributed by atoms with van der Waals surface area (Å²) in [6.07, 6.45) is 0.571. The third-order valence-electron chi connectivity index (χ3n) is 3.97. The Bertz CT molecular complexity index is 1060. The monoisotopic (exact) mass is 360 g/mol. The molecule has 3 rings (SSSR count). The Morgan fingerprint density at radius 3 is 2.12 bits per heavy atom. The molecular formula is C21H13F5. The fourth-order valence-corrected chi connectivity index (χ4v) is 2.66. The molecule has 0 aliphatic rings. The van der Waals surface area contributed by atoms with Crippen molar-refractivity contribution in [1.82, 2.24) is 0 Å². The molecule has 0 bridgehead atoms. The Labute approximate surface area is 147 Å². The molecule has 0 N–H and O–H groups in total. The highest BCUT2D eigenvalue weighted by Gasteiger charge is 2.17. The third-order valence-corrected chi connectivity index (χ3v) is 3.97. The Kier molecular flexibility index (Phi) is 4.94. The van der Waals surface area contributed by atoms with Crippen molar-refractivity contribution in [3.8, 4) is 11.8 Å². The van der Waals surface area contributed by atoms with Crippen LogP contribution in [0.4, 0.5) is 22.0 Å². The van der Waals surface area contributed by atoms with Gasteiger partial charge in [-0.3, -0.25) is 0 Å². The topological polar surface area (TPSA) is 0 Å². The number of fused-ring (bicyclic) bond motifs is 1. The molecule has 0 spiro atoms. The van der Waals surface area contributed by atoms with Gasteiger partial charge in [0, 0.05) is 11.1 Å². The SMILES string of the molecule is CCCc1c(F)cc(C#Cc2ccc3cc(F)c(F)cc3c2)c(F)c1F. The van der Waals surface area contributed by atoms with Crippen LogP contribution in [0.1, 0.15) is 30.0 Å². The van der Waals surface area contributed by atoms with E-state index in [1.807, 2.05) is 0 Å². The molecule has 0 aromatic heterocycles. The van der Waals surface area contributed by atoms with Crippen LogP contribution in [-0.2, 0) is 6.42 Å². The minimum absolute atomic E-state index is 0.0924. The van der Waals surface area contributed by atoms with Gasteiger partial charge in [0.15, 0.2) is 23.3 Å². The van der Waals surface area contributed by atoms with Crippen LogP contribution in [0.3, 0.4) is 0 Å². The van der Waals surface area contributed by atoms with E-state index in [4.69, 9.17) is 0 Å². The first-order valence-electron chi connectivity index (χ1n) is 7.98. The van der Waals surface area contributed by atoms with E-state index >= 15 is 0 Å². The number of hydrogen-bond donors (Lipinski definition) is 0. The van der Waals surface area contributed by atoms with E-state index in [1.165, 1.54) is 18.2 Å². The van der Waals surface area contributed by atoms with E-state index in [-0.39, 0.29) is 12.0 Å². The van der Waals surface area contributed by atoms with Gasteiger partial charge in [0.1, 0.15) is 5.82 Å². The minimum atomic E-state index is -1.23. The van der Waals surface area contributed by atoms with Crippen LogP contribution in [0.25, 0.3) is 10.8 Å². The van der Waals surface area contributed by atoms with Crippen molar-refractivity contribution in [3.63, 3.8) is 0 Å². The molecule has 0 atom stereocenters. The zero-order valence-electron chi connectivity index (χ0n) is 13.8.